The maximum atomic E-state index is 12.1. The van der Waals surface area contributed by atoms with Crippen LogP contribution in [0.1, 0.15) is 15.9 Å². The third kappa shape index (κ3) is 3.60. The molecule has 0 fully saturated rings. The molecule has 0 aromatic heterocycles. The van der Waals surface area contributed by atoms with Gasteiger partial charge in [0.1, 0.15) is 5.75 Å². The number of rotatable bonds is 3. The van der Waals surface area contributed by atoms with E-state index in [0.29, 0.717) is 5.56 Å². The van der Waals surface area contributed by atoms with Crippen molar-refractivity contribution in [1.82, 2.24) is 0 Å². The summed E-state index contributed by atoms with van der Waals surface area (Å²) in [6, 6.07) is 3.22. The highest BCUT2D eigenvalue weighted by molar-refractivity contribution is 7.88. The van der Waals surface area contributed by atoms with Gasteiger partial charge in [-0.05, 0) is 30.7 Å². The van der Waals surface area contributed by atoms with Gasteiger partial charge in [-0.25, -0.2) is 4.79 Å². The molecular weight excluding hydrogens is 289 g/mol. The molecule has 0 saturated heterocycles. The van der Waals surface area contributed by atoms with Crippen LogP contribution < -0.4 is 4.18 Å². The van der Waals surface area contributed by atoms with Gasteiger partial charge in [0.2, 0.25) is 0 Å². The van der Waals surface area contributed by atoms with Crippen LogP contribution in [-0.4, -0.2) is 27.0 Å². The summed E-state index contributed by atoms with van der Waals surface area (Å²) in [5.74, 6) is -1.43. The van der Waals surface area contributed by atoms with Gasteiger partial charge in [-0.1, -0.05) is 0 Å². The summed E-state index contributed by atoms with van der Waals surface area (Å²) in [6.45, 7) is 1.46. The number of ether oxygens (including phenoxy) is 1. The fourth-order valence-corrected chi connectivity index (χ4v) is 1.65. The minimum Gasteiger partial charge on any atom is -0.465 e. The zero-order valence-corrected chi connectivity index (χ0v) is 10.6. The molecule has 0 aliphatic rings. The van der Waals surface area contributed by atoms with E-state index in [9.17, 15) is 26.4 Å². The number of hydrogen-bond acceptors (Lipinski definition) is 5. The van der Waals surface area contributed by atoms with E-state index >= 15 is 0 Å². The van der Waals surface area contributed by atoms with Gasteiger partial charge in [-0.15, -0.1) is 0 Å². The predicted octanol–water partition coefficient (Wildman–Crippen LogP) is 2.01. The molecule has 0 heterocycles. The lowest BCUT2D eigenvalue weighted by Gasteiger charge is -2.10. The number of halogens is 3. The van der Waals surface area contributed by atoms with Crippen molar-refractivity contribution in [3.63, 3.8) is 0 Å². The van der Waals surface area contributed by atoms with E-state index in [-0.39, 0.29) is 5.56 Å². The zero-order chi connectivity index (χ0) is 14.8. The predicted molar refractivity (Wildman–Crippen MR) is 58.1 cm³/mol. The van der Waals surface area contributed by atoms with E-state index in [1.54, 1.807) is 0 Å². The molecule has 5 nitrogen and oxygen atoms in total. The van der Waals surface area contributed by atoms with Crippen molar-refractivity contribution in [1.29, 1.82) is 0 Å². The molecule has 106 valence electrons. The van der Waals surface area contributed by atoms with Crippen molar-refractivity contribution in [2.75, 3.05) is 7.11 Å². The summed E-state index contributed by atoms with van der Waals surface area (Å²) < 4.78 is 66.4. The molecule has 0 bridgehead atoms. The molecule has 9 heteroatoms. The van der Waals surface area contributed by atoms with Gasteiger partial charge in [-0.2, -0.15) is 21.6 Å². The highest BCUT2D eigenvalue weighted by atomic mass is 32.2. The molecule has 0 spiro atoms. The molecule has 0 radical (unpaired) electrons. The molecule has 19 heavy (non-hydrogen) atoms. The van der Waals surface area contributed by atoms with Crippen molar-refractivity contribution < 1.29 is 35.3 Å². The van der Waals surface area contributed by atoms with Gasteiger partial charge in [0.15, 0.2) is 0 Å². The smallest absolute Gasteiger partial charge is 0.465 e. The van der Waals surface area contributed by atoms with E-state index < -0.39 is 27.3 Å². The monoisotopic (exact) mass is 298 g/mol. The number of carbonyl (C=O) groups excluding carboxylic acids is 1. The third-order valence-electron chi connectivity index (χ3n) is 1.96. The Morgan fingerprint density at radius 3 is 2.26 bits per heavy atom. The highest BCUT2D eigenvalue weighted by Crippen LogP contribution is 2.28. The molecule has 0 aliphatic carbocycles. The maximum Gasteiger partial charge on any atom is 0.534 e. The van der Waals surface area contributed by atoms with Crippen molar-refractivity contribution in [3.8, 4) is 5.75 Å². The molecule has 1 aromatic rings. The Hall–Kier alpha value is -1.77. The van der Waals surface area contributed by atoms with Gasteiger partial charge in [0.25, 0.3) is 0 Å². The fourth-order valence-electron chi connectivity index (χ4n) is 1.21. The molecule has 0 N–H and O–H groups in total. The van der Waals surface area contributed by atoms with Crippen LogP contribution in [0.25, 0.3) is 0 Å². The van der Waals surface area contributed by atoms with Crippen molar-refractivity contribution in [3.05, 3.63) is 29.3 Å². The first-order valence-corrected chi connectivity index (χ1v) is 6.18. The first kappa shape index (κ1) is 15.3. The molecule has 0 amide bonds. The average Bonchev–Trinajstić information content (AvgIpc) is 2.24. The average molecular weight is 298 g/mol. The van der Waals surface area contributed by atoms with Gasteiger partial charge < -0.3 is 8.92 Å². The molecule has 0 atom stereocenters. The Kier molecular flexibility index (Phi) is 4.09. The van der Waals surface area contributed by atoms with Crippen LogP contribution in [0.2, 0.25) is 0 Å². The van der Waals surface area contributed by atoms with Crippen molar-refractivity contribution in [2.24, 2.45) is 0 Å². The molecule has 0 aliphatic heterocycles. The number of methoxy groups -OCH3 is 1. The largest absolute Gasteiger partial charge is 0.534 e. The van der Waals surface area contributed by atoms with E-state index in [2.05, 4.69) is 8.92 Å². The Bertz CT molecular complexity index is 592. The van der Waals surface area contributed by atoms with Crippen LogP contribution in [-0.2, 0) is 14.9 Å². The summed E-state index contributed by atoms with van der Waals surface area (Å²) in [5, 5.41) is 0. The van der Waals surface area contributed by atoms with Crippen LogP contribution in [0.4, 0.5) is 13.2 Å². The fraction of sp³-hybridized carbons (Fsp3) is 0.300. The van der Waals surface area contributed by atoms with Crippen LogP contribution in [0.5, 0.6) is 5.75 Å². The first-order valence-electron chi connectivity index (χ1n) is 4.77. The molecule has 1 rings (SSSR count). The van der Waals surface area contributed by atoms with E-state index in [4.69, 9.17) is 0 Å². The van der Waals surface area contributed by atoms with E-state index in [1.807, 2.05) is 0 Å². The van der Waals surface area contributed by atoms with Gasteiger partial charge in [0, 0.05) is 0 Å². The Balaban J connectivity index is 3.17. The van der Waals surface area contributed by atoms with Crippen LogP contribution >= 0.6 is 0 Å². The number of benzene rings is 1. The quantitative estimate of drug-likeness (QED) is 0.485. The first-order chi connectivity index (χ1) is 8.56. The minimum atomic E-state index is -5.77. The lowest BCUT2D eigenvalue weighted by atomic mass is 10.1. The zero-order valence-electron chi connectivity index (χ0n) is 9.82. The third-order valence-corrected chi connectivity index (χ3v) is 2.94. The normalized spacial score (nSPS) is 12.1. The summed E-state index contributed by atoms with van der Waals surface area (Å²) in [5.41, 5.74) is -5.31. The number of esters is 1. The second-order valence-electron chi connectivity index (χ2n) is 3.51. The topological polar surface area (TPSA) is 69.7 Å². The SMILES string of the molecule is COC(=O)c1cc(C)cc(OS(=O)(=O)C(F)(F)F)c1. The summed E-state index contributed by atoms with van der Waals surface area (Å²) in [7, 11) is -4.69. The minimum absolute atomic E-state index is 0.116. The second-order valence-corrected chi connectivity index (χ2v) is 5.05. The Morgan fingerprint density at radius 2 is 1.79 bits per heavy atom. The van der Waals surface area contributed by atoms with Crippen molar-refractivity contribution >= 4 is 16.1 Å². The number of alkyl halides is 3. The number of carbonyl (C=O) groups is 1. The standard InChI is InChI=1S/C10H9F3O5S/c1-6-3-7(9(14)17-2)5-8(4-6)18-19(15,16)10(11,12)13/h3-5H,1-2H3. The Labute approximate surface area is 107 Å². The number of aryl methyl sites for hydroxylation is 1. The summed E-state index contributed by atoms with van der Waals surface area (Å²) >= 11 is 0. The lowest BCUT2D eigenvalue weighted by Crippen LogP contribution is -2.28. The molecule has 0 unspecified atom stereocenters. The molecule has 1 aromatic carbocycles. The molecular formula is C10H9F3O5S. The van der Waals surface area contributed by atoms with Crippen LogP contribution in [0.3, 0.4) is 0 Å². The summed E-state index contributed by atoms with van der Waals surface area (Å²) in [6.07, 6.45) is 0. The van der Waals surface area contributed by atoms with Crippen LogP contribution in [0.15, 0.2) is 18.2 Å². The summed E-state index contributed by atoms with van der Waals surface area (Å²) in [4.78, 5) is 11.2. The second kappa shape index (κ2) is 5.08. The molecule has 0 saturated carbocycles. The van der Waals surface area contributed by atoms with Crippen LogP contribution in [0, 0.1) is 6.92 Å². The van der Waals surface area contributed by atoms with E-state index in [0.717, 1.165) is 19.2 Å². The lowest BCUT2D eigenvalue weighted by molar-refractivity contribution is -0.0500. The van der Waals surface area contributed by atoms with Gasteiger partial charge in [-0.3, -0.25) is 0 Å². The highest BCUT2D eigenvalue weighted by Gasteiger charge is 2.48. The maximum absolute atomic E-state index is 12.1. The van der Waals surface area contributed by atoms with E-state index in [1.165, 1.54) is 13.0 Å². The van der Waals surface area contributed by atoms with Gasteiger partial charge >= 0.3 is 21.6 Å². The Morgan fingerprint density at radius 1 is 1.21 bits per heavy atom. The number of hydrogen-bond donors (Lipinski definition) is 0. The van der Waals surface area contributed by atoms with Crippen molar-refractivity contribution in [2.45, 2.75) is 12.4 Å². The van der Waals surface area contributed by atoms with Gasteiger partial charge in [0.05, 0.1) is 12.7 Å².